The molecule has 3 aromatic rings. The van der Waals surface area contributed by atoms with Crippen LogP contribution in [-0.4, -0.2) is 33.9 Å². The van der Waals surface area contributed by atoms with Crippen LogP contribution in [-0.2, 0) is 9.59 Å². The lowest BCUT2D eigenvalue weighted by molar-refractivity contribution is -0.136. The third-order valence-corrected chi connectivity index (χ3v) is 5.48. The Bertz CT molecular complexity index is 1140. The third kappa shape index (κ3) is 4.95. The maximum absolute atomic E-state index is 12.3. The molecule has 0 unspecified atom stereocenters. The van der Waals surface area contributed by atoms with Crippen LogP contribution >= 0.6 is 11.6 Å². The van der Waals surface area contributed by atoms with Crippen molar-refractivity contribution in [3.63, 3.8) is 0 Å². The smallest absolute Gasteiger partial charge is 0.313 e. The number of rotatable bonds is 4. The molecular weight excluding hydrogens is 418 g/mol. The van der Waals surface area contributed by atoms with Gasteiger partial charge in [0, 0.05) is 34.4 Å². The Kier molecular flexibility index (Phi) is 6.05. The minimum Gasteiger partial charge on any atom is -0.474 e. The summed E-state index contributed by atoms with van der Waals surface area (Å²) in [5, 5.41) is 6.72. The van der Waals surface area contributed by atoms with Crippen LogP contribution in [0.5, 0.6) is 5.88 Å². The van der Waals surface area contributed by atoms with E-state index in [-0.39, 0.29) is 12.1 Å². The van der Waals surface area contributed by atoms with E-state index < -0.39 is 11.8 Å². The second-order valence-corrected chi connectivity index (χ2v) is 7.81. The van der Waals surface area contributed by atoms with Crippen LogP contribution in [0.3, 0.4) is 0 Å². The van der Waals surface area contributed by atoms with Gasteiger partial charge in [0.2, 0.25) is 11.6 Å². The molecular formula is C22H20ClN5O3. The highest BCUT2D eigenvalue weighted by molar-refractivity contribution is 6.40. The first-order valence-corrected chi connectivity index (χ1v) is 10.3. The van der Waals surface area contributed by atoms with Crippen molar-refractivity contribution in [2.75, 3.05) is 5.32 Å². The van der Waals surface area contributed by atoms with Crippen LogP contribution < -0.4 is 15.4 Å². The molecule has 0 bridgehead atoms. The lowest BCUT2D eigenvalue weighted by Crippen LogP contribution is -2.44. The number of carbonyl (C=O) groups is 2. The molecule has 1 fully saturated rings. The van der Waals surface area contributed by atoms with Crippen molar-refractivity contribution >= 4 is 45.7 Å². The number of nitrogens with zero attached hydrogens (tertiary/aromatic N) is 2. The minimum absolute atomic E-state index is 0.00997. The van der Waals surface area contributed by atoms with Gasteiger partial charge in [-0.2, -0.15) is 0 Å². The molecule has 2 heterocycles. The molecule has 8 nitrogen and oxygen atoms in total. The number of amides is 2. The maximum Gasteiger partial charge on any atom is 0.313 e. The SMILES string of the molecule is [C-]#[N+]c1ccc(OC2CCC(NC(=O)C(=O)Nc3c[nH]c4ccc(Cl)cc34)CC2)nc1. The highest BCUT2D eigenvalue weighted by Crippen LogP contribution is 2.26. The summed E-state index contributed by atoms with van der Waals surface area (Å²) in [6.07, 6.45) is 5.98. The van der Waals surface area contributed by atoms with Crippen LogP contribution in [0.1, 0.15) is 25.7 Å². The Balaban J connectivity index is 1.26. The van der Waals surface area contributed by atoms with E-state index in [1.165, 1.54) is 6.20 Å². The van der Waals surface area contributed by atoms with Crippen molar-refractivity contribution in [2.24, 2.45) is 0 Å². The van der Waals surface area contributed by atoms with Crippen LogP contribution in [0.15, 0.2) is 42.7 Å². The van der Waals surface area contributed by atoms with Gasteiger partial charge >= 0.3 is 11.8 Å². The standard InChI is InChI=1S/C22H20ClN5O3/c1-24-15-5-9-20(26-11-15)31-16-6-3-14(4-7-16)27-21(29)22(30)28-19-12-25-18-8-2-13(23)10-17(18)19/h2,5,8-12,14,16,25H,3-4,6-7H2,(H,27,29)(H,28,30). The summed E-state index contributed by atoms with van der Waals surface area (Å²) in [6, 6.07) is 8.55. The first-order chi connectivity index (χ1) is 15.0. The zero-order chi connectivity index (χ0) is 21.8. The average Bonchev–Trinajstić information content (AvgIpc) is 3.17. The van der Waals surface area contributed by atoms with Gasteiger partial charge in [0.25, 0.3) is 0 Å². The number of carbonyl (C=O) groups excluding carboxylic acids is 2. The van der Waals surface area contributed by atoms with E-state index in [1.807, 2.05) is 6.07 Å². The average molecular weight is 438 g/mol. The van der Waals surface area contributed by atoms with Crippen molar-refractivity contribution in [1.82, 2.24) is 15.3 Å². The van der Waals surface area contributed by atoms with Crippen LogP contribution in [0.2, 0.25) is 5.02 Å². The number of anilines is 1. The summed E-state index contributed by atoms with van der Waals surface area (Å²) < 4.78 is 5.86. The van der Waals surface area contributed by atoms with E-state index in [0.717, 1.165) is 23.7 Å². The number of aromatic amines is 1. The highest BCUT2D eigenvalue weighted by atomic mass is 35.5. The number of aromatic nitrogens is 2. The fraction of sp³-hybridized carbons (Fsp3) is 0.273. The molecule has 1 saturated carbocycles. The Hall–Kier alpha value is -3.57. The number of fused-ring (bicyclic) bond motifs is 1. The number of hydrogen-bond donors (Lipinski definition) is 3. The molecule has 9 heteroatoms. The second kappa shape index (κ2) is 9.06. The molecule has 0 aliphatic heterocycles. The number of ether oxygens (including phenoxy) is 1. The molecule has 0 saturated heterocycles. The van der Waals surface area contributed by atoms with Gasteiger partial charge in [-0.15, -0.1) is 0 Å². The largest absolute Gasteiger partial charge is 0.474 e. The van der Waals surface area contributed by atoms with Gasteiger partial charge in [0.15, 0.2) is 0 Å². The molecule has 0 spiro atoms. The van der Waals surface area contributed by atoms with Crippen molar-refractivity contribution < 1.29 is 14.3 Å². The van der Waals surface area contributed by atoms with Gasteiger partial charge in [0.05, 0.1) is 12.3 Å². The second-order valence-electron chi connectivity index (χ2n) is 7.38. The van der Waals surface area contributed by atoms with Gasteiger partial charge < -0.3 is 20.4 Å². The van der Waals surface area contributed by atoms with E-state index in [9.17, 15) is 9.59 Å². The Labute approximate surface area is 183 Å². The summed E-state index contributed by atoms with van der Waals surface area (Å²) in [4.78, 5) is 35.2. The molecule has 0 radical (unpaired) electrons. The lowest BCUT2D eigenvalue weighted by atomic mass is 9.93. The Morgan fingerprint density at radius 2 is 1.97 bits per heavy atom. The van der Waals surface area contributed by atoms with Gasteiger partial charge in [-0.05, 0) is 56.0 Å². The number of pyridine rings is 1. The molecule has 1 aliphatic carbocycles. The number of nitrogens with one attached hydrogen (secondary N) is 3. The number of hydrogen-bond acceptors (Lipinski definition) is 4. The minimum atomic E-state index is -0.719. The van der Waals surface area contributed by atoms with Gasteiger partial charge in [-0.25, -0.2) is 9.83 Å². The lowest BCUT2D eigenvalue weighted by Gasteiger charge is -2.29. The summed E-state index contributed by atoms with van der Waals surface area (Å²) in [6.45, 7) is 6.95. The molecule has 0 atom stereocenters. The van der Waals surface area contributed by atoms with Crippen LogP contribution in [0.4, 0.5) is 11.4 Å². The monoisotopic (exact) mass is 437 g/mol. The fourth-order valence-electron chi connectivity index (χ4n) is 3.63. The van der Waals surface area contributed by atoms with E-state index in [2.05, 4.69) is 25.4 Å². The number of H-pyrrole nitrogens is 1. The van der Waals surface area contributed by atoms with E-state index in [1.54, 1.807) is 30.5 Å². The predicted octanol–water partition coefficient (Wildman–Crippen LogP) is 4.21. The van der Waals surface area contributed by atoms with Crippen LogP contribution in [0, 0.1) is 6.57 Å². The van der Waals surface area contributed by atoms with Gasteiger partial charge in [0.1, 0.15) is 6.10 Å². The molecule has 31 heavy (non-hydrogen) atoms. The summed E-state index contributed by atoms with van der Waals surface area (Å²) >= 11 is 6.02. The molecule has 158 valence electrons. The zero-order valence-corrected chi connectivity index (χ0v) is 17.3. The van der Waals surface area contributed by atoms with Gasteiger partial charge in [-0.3, -0.25) is 9.59 Å². The number of benzene rings is 1. The third-order valence-electron chi connectivity index (χ3n) is 5.24. The summed E-state index contributed by atoms with van der Waals surface area (Å²) in [5.41, 5.74) is 1.79. The first-order valence-electron chi connectivity index (χ1n) is 9.90. The normalized spacial score (nSPS) is 18.2. The molecule has 4 rings (SSSR count). The predicted molar refractivity (Wildman–Crippen MR) is 117 cm³/mol. The van der Waals surface area contributed by atoms with E-state index in [0.29, 0.717) is 35.1 Å². The molecule has 1 aliphatic rings. The van der Waals surface area contributed by atoms with E-state index in [4.69, 9.17) is 22.9 Å². The fourth-order valence-corrected chi connectivity index (χ4v) is 3.80. The van der Waals surface area contributed by atoms with Crippen molar-refractivity contribution in [3.05, 3.63) is 59.2 Å². The van der Waals surface area contributed by atoms with Crippen molar-refractivity contribution in [3.8, 4) is 5.88 Å². The van der Waals surface area contributed by atoms with E-state index >= 15 is 0 Å². The summed E-state index contributed by atoms with van der Waals surface area (Å²) in [7, 11) is 0. The topological polar surface area (TPSA) is 100 Å². The van der Waals surface area contributed by atoms with Crippen LogP contribution in [0.25, 0.3) is 15.7 Å². The molecule has 1 aromatic carbocycles. The summed E-state index contributed by atoms with van der Waals surface area (Å²) in [5.74, 6) is -0.904. The van der Waals surface area contributed by atoms with Crippen molar-refractivity contribution in [1.29, 1.82) is 0 Å². The molecule has 3 N–H and O–H groups in total. The van der Waals surface area contributed by atoms with Gasteiger partial charge in [-0.1, -0.05) is 11.6 Å². The first kappa shape index (κ1) is 20.7. The Morgan fingerprint density at radius 1 is 1.16 bits per heavy atom. The highest BCUT2D eigenvalue weighted by Gasteiger charge is 2.26. The Morgan fingerprint density at radius 3 is 2.68 bits per heavy atom. The van der Waals surface area contributed by atoms with Crippen molar-refractivity contribution in [2.45, 2.75) is 37.8 Å². The quantitative estimate of drug-likeness (QED) is 0.420. The zero-order valence-electron chi connectivity index (χ0n) is 16.5. The molecule has 2 aromatic heterocycles. The number of halogens is 1. The maximum atomic E-state index is 12.3. The molecule has 2 amide bonds.